The molecule has 2 rings (SSSR count). The monoisotopic (exact) mass is 224 g/mol. The minimum atomic E-state index is -0.367. The second-order valence-corrected chi connectivity index (χ2v) is 4.00. The van der Waals surface area contributed by atoms with Crippen LogP contribution in [0.4, 0.5) is 10.1 Å². The highest BCUT2D eigenvalue weighted by atomic mass is 32.1. The van der Waals surface area contributed by atoms with E-state index in [2.05, 4.69) is 0 Å². The Morgan fingerprint density at radius 2 is 2.27 bits per heavy atom. The van der Waals surface area contributed by atoms with Gasteiger partial charge in [0.2, 0.25) is 0 Å². The molecule has 0 aliphatic heterocycles. The number of hydrogen-bond acceptors (Lipinski definition) is 3. The lowest BCUT2D eigenvalue weighted by Crippen LogP contribution is -2.13. The van der Waals surface area contributed by atoms with Gasteiger partial charge in [-0.25, -0.2) is 4.39 Å². The maximum atomic E-state index is 12.8. The maximum absolute atomic E-state index is 12.8. The molecular weight excluding hydrogens is 215 g/mol. The van der Waals surface area contributed by atoms with Crippen molar-refractivity contribution in [2.24, 2.45) is 0 Å². The van der Waals surface area contributed by atoms with E-state index in [1.165, 1.54) is 16.7 Å². The third-order valence-electron chi connectivity index (χ3n) is 2.09. The van der Waals surface area contributed by atoms with Gasteiger partial charge in [-0.05, 0) is 17.7 Å². The minimum absolute atomic E-state index is 0.0428. The van der Waals surface area contributed by atoms with Crippen LogP contribution in [-0.2, 0) is 6.54 Å². The number of halogens is 1. The molecule has 0 amide bonds. The Labute approximate surface area is 89.6 Å². The Bertz CT molecular complexity index is 532. The Morgan fingerprint density at radius 3 is 2.87 bits per heavy atom. The predicted octanol–water partition coefficient (Wildman–Crippen LogP) is 1.68. The summed E-state index contributed by atoms with van der Waals surface area (Å²) in [4.78, 5) is 11.2. The molecule has 5 heteroatoms. The smallest absolute Gasteiger partial charge is 0.307 e. The van der Waals surface area contributed by atoms with Gasteiger partial charge in [-0.3, -0.25) is 4.79 Å². The molecule has 78 valence electrons. The highest BCUT2D eigenvalue weighted by molar-refractivity contribution is 7.07. The SMILES string of the molecule is Nc1cc(F)ccc1Cn1ccsc1=O. The summed E-state index contributed by atoms with van der Waals surface area (Å²) in [6.45, 7) is 0.383. The number of rotatable bonds is 2. The number of aromatic nitrogens is 1. The van der Waals surface area contributed by atoms with Crippen LogP contribution in [0.3, 0.4) is 0 Å². The van der Waals surface area contributed by atoms with Crippen LogP contribution in [0.15, 0.2) is 34.6 Å². The molecule has 0 fully saturated rings. The fourth-order valence-electron chi connectivity index (χ4n) is 1.30. The van der Waals surface area contributed by atoms with Crippen LogP contribution in [0, 0.1) is 5.82 Å². The zero-order chi connectivity index (χ0) is 10.8. The van der Waals surface area contributed by atoms with E-state index in [9.17, 15) is 9.18 Å². The molecule has 2 aromatic rings. The molecule has 0 saturated heterocycles. The summed E-state index contributed by atoms with van der Waals surface area (Å²) in [5.41, 5.74) is 6.75. The largest absolute Gasteiger partial charge is 0.398 e. The first-order valence-electron chi connectivity index (χ1n) is 4.34. The van der Waals surface area contributed by atoms with E-state index in [0.29, 0.717) is 12.2 Å². The Hall–Kier alpha value is -1.62. The molecule has 0 saturated carbocycles. The molecule has 0 bridgehead atoms. The molecule has 0 unspecified atom stereocenters. The van der Waals surface area contributed by atoms with Crippen LogP contribution in [-0.4, -0.2) is 4.57 Å². The van der Waals surface area contributed by atoms with Gasteiger partial charge >= 0.3 is 4.87 Å². The molecule has 15 heavy (non-hydrogen) atoms. The molecular formula is C10H9FN2OS. The fourth-order valence-corrected chi connectivity index (χ4v) is 1.89. The number of thiazole rings is 1. The minimum Gasteiger partial charge on any atom is -0.398 e. The van der Waals surface area contributed by atoms with Crippen LogP contribution in [0.5, 0.6) is 0 Å². The normalized spacial score (nSPS) is 10.5. The number of hydrogen-bond donors (Lipinski definition) is 1. The third-order valence-corrected chi connectivity index (χ3v) is 2.79. The van der Waals surface area contributed by atoms with Crippen molar-refractivity contribution in [3.05, 3.63) is 50.8 Å². The van der Waals surface area contributed by atoms with Crippen molar-refractivity contribution in [3.8, 4) is 0 Å². The van der Waals surface area contributed by atoms with Crippen LogP contribution < -0.4 is 10.6 Å². The van der Waals surface area contributed by atoms with Crippen LogP contribution in [0.25, 0.3) is 0 Å². The first kappa shape index (κ1) is 9.92. The molecule has 3 nitrogen and oxygen atoms in total. The molecule has 1 aromatic carbocycles. The van der Waals surface area contributed by atoms with Gasteiger partial charge in [0, 0.05) is 17.3 Å². The first-order valence-corrected chi connectivity index (χ1v) is 5.22. The van der Waals surface area contributed by atoms with Gasteiger partial charge in [-0.2, -0.15) is 0 Å². The van der Waals surface area contributed by atoms with Crippen molar-refractivity contribution in [2.45, 2.75) is 6.54 Å². The fraction of sp³-hybridized carbons (Fsp3) is 0.100. The van der Waals surface area contributed by atoms with E-state index >= 15 is 0 Å². The molecule has 2 N–H and O–H groups in total. The zero-order valence-electron chi connectivity index (χ0n) is 7.81. The average molecular weight is 224 g/mol. The van der Waals surface area contributed by atoms with Crippen molar-refractivity contribution in [1.82, 2.24) is 4.57 Å². The van der Waals surface area contributed by atoms with Crippen LogP contribution in [0.2, 0.25) is 0 Å². The first-order chi connectivity index (χ1) is 7.16. The van der Waals surface area contributed by atoms with E-state index in [1.54, 1.807) is 17.6 Å². The number of benzene rings is 1. The van der Waals surface area contributed by atoms with Gasteiger partial charge in [-0.15, -0.1) is 0 Å². The molecule has 1 aromatic heterocycles. The molecule has 0 radical (unpaired) electrons. The van der Waals surface area contributed by atoms with Gasteiger partial charge in [0.1, 0.15) is 5.82 Å². The Morgan fingerprint density at radius 1 is 1.47 bits per heavy atom. The summed E-state index contributed by atoms with van der Waals surface area (Å²) in [7, 11) is 0. The predicted molar refractivity (Wildman–Crippen MR) is 58.5 cm³/mol. The van der Waals surface area contributed by atoms with E-state index in [0.717, 1.165) is 16.9 Å². The number of nitrogens with zero attached hydrogens (tertiary/aromatic N) is 1. The summed E-state index contributed by atoms with van der Waals surface area (Å²) in [5, 5.41) is 1.71. The highest BCUT2D eigenvalue weighted by Gasteiger charge is 2.03. The van der Waals surface area contributed by atoms with E-state index in [-0.39, 0.29) is 10.7 Å². The quantitative estimate of drug-likeness (QED) is 0.789. The Kier molecular flexibility index (Phi) is 2.55. The lowest BCUT2D eigenvalue weighted by atomic mass is 10.2. The van der Waals surface area contributed by atoms with Crippen LogP contribution in [0.1, 0.15) is 5.56 Å². The lowest BCUT2D eigenvalue weighted by Gasteiger charge is -2.05. The molecule has 0 atom stereocenters. The number of nitrogen functional groups attached to an aromatic ring is 1. The molecule has 0 spiro atoms. The summed E-state index contributed by atoms with van der Waals surface area (Å²) in [6, 6.07) is 4.19. The maximum Gasteiger partial charge on any atom is 0.307 e. The van der Waals surface area contributed by atoms with Crippen molar-refractivity contribution in [3.63, 3.8) is 0 Å². The van der Waals surface area contributed by atoms with E-state index in [1.807, 2.05) is 0 Å². The highest BCUT2D eigenvalue weighted by Crippen LogP contribution is 2.14. The number of nitrogens with two attached hydrogens (primary N) is 1. The lowest BCUT2D eigenvalue weighted by molar-refractivity contribution is 0.627. The van der Waals surface area contributed by atoms with Gasteiger partial charge in [0.25, 0.3) is 0 Å². The van der Waals surface area contributed by atoms with Gasteiger partial charge < -0.3 is 10.3 Å². The number of anilines is 1. The van der Waals surface area contributed by atoms with Gasteiger partial charge in [0.15, 0.2) is 0 Å². The van der Waals surface area contributed by atoms with Crippen LogP contribution >= 0.6 is 11.3 Å². The van der Waals surface area contributed by atoms with Crippen molar-refractivity contribution < 1.29 is 4.39 Å². The summed E-state index contributed by atoms with van der Waals surface area (Å²) in [5.74, 6) is -0.367. The Balaban J connectivity index is 2.33. The van der Waals surface area contributed by atoms with Gasteiger partial charge in [-0.1, -0.05) is 17.4 Å². The topological polar surface area (TPSA) is 48.0 Å². The van der Waals surface area contributed by atoms with Gasteiger partial charge in [0.05, 0.1) is 6.54 Å². The average Bonchev–Trinajstić information content (AvgIpc) is 2.57. The molecule has 1 heterocycles. The third kappa shape index (κ3) is 2.07. The summed E-state index contributed by atoms with van der Waals surface area (Å²) < 4.78 is 14.3. The molecule has 0 aliphatic carbocycles. The van der Waals surface area contributed by atoms with Crippen molar-refractivity contribution in [1.29, 1.82) is 0 Å². The summed E-state index contributed by atoms with van der Waals surface area (Å²) >= 11 is 1.13. The summed E-state index contributed by atoms with van der Waals surface area (Å²) in [6.07, 6.45) is 1.69. The zero-order valence-corrected chi connectivity index (χ0v) is 8.63. The van der Waals surface area contributed by atoms with E-state index in [4.69, 9.17) is 5.73 Å². The second kappa shape index (κ2) is 3.86. The molecule has 0 aliphatic rings. The van der Waals surface area contributed by atoms with Crippen molar-refractivity contribution >= 4 is 17.0 Å². The standard InChI is InChI=1S/C10H9FN2OS/c11-8-2-1-7(9(12)5-8)6-13-3-4-15-10(13)14/h1-5H,6,12H2. The second-order valence-electron chi connectivity index (χ2n) is 3.14. The van der Waals surface area contributed by atoms with E-state index < -0.39 is 0 Å². The van der Waals surface area contributed by atoms with Crippen molar-refractivity contribution in [2.75, 3.05) is 5.73 Å².